The maximum Gasteiger partial charge on any atom is 0.273 e. The smallest absolute Gasteiger partial charge is 0.273 e. The average Bonchev–Trinajstić information content (AvgIpc) is 3.07. The van der Waals surface area contributed by atoms with Gasteiger partial charge in [-0.25, -0.2) is 0 Å². The van der Waals surface area contributed by atoms with E-state index < -0.39 is 0 Å². The molecule has 112 valence electrons. The highest BCUT2D eigenvalue weighted by atomic mass is 16.5. The van der Waals surface area contributed by atoms with Crippen LogP contribution in [0, 0.1) is 5.92 Å². The standard InChI is InChI=1S/C14H23N3O3/c1-10(2)7-16-14(18)13-6-12(20-17-13)9-15-8-11-4-3-5-19-11/h6,10-11,15H,3-5,7-9H2,1-2H3,(H,16,18). The maximum absolute atomic E-state index is 11.8. The van der Waals surface area contributed by atoms with Crippen molar-refractivity contribution < 1.29 is 14.1 Å². The monoisotopic (exact) mass is 281 g/mol. The average molecular weight is 281 g/mol. The summed E-state index contributed by atoms with van der Waals surface area (Å²) in [6, 6.07) is 1.68. The molecule has 1 aliphatic rings. The van der Waals surface area contributed by atoms with Crippen LogP contribution in [0.1, 0.15) is 42.9 Å². The number of nitrogens with zero attached hydrogens (tertiary/aromatic N) is 1. The molecule has 1 unspecified atom stereocenters. The molecule has 0 saturated carbocycles. The van der Waals surface area contributed by atoms with Crippen molar-refractivity contribution in [3.05, 3.63) is 17.5 Å². The van der Waals surface area contributed by atoms with Crippen molar-refractivity contribution in [2.45, 2.75) is 39.3 Å². The lowest BCUT2D eigenvalue weighted by Gasteiger charge is -2.08. The Hall–Kier alpha value is -1.40. The first-order chi connectivity index (χ1) is 9.65. The molecule has 0 aromatic carbocycles. The quantitative estimate of drug-likeness (QED) is 0.788. The number of amides is 1. The SMILES string of the molecule is CC(C)CNC(=O)c1cc(CNCC2CCCO2)on1. The van der Waals surface area contributed by atoms with E-state index in [0.29, 0.717) is 36.6 Å². The summed E-state index contributed by atoms with van der Waals surface area (Å²) >= 11 is 0. The molecule has 0 spiro atoms. The van der Waals surface area contributed by atoms with Crippen molar-refractivity contribution in [1.82, 2.24) is 15.8 Å². The first-order valence-electron chi connectivity index (χ1n) is 7.21. The fourth-order valence-corrected chi connectivity index (χ4v) is 2.05. The molecule has 1 aliphatic heterocycles. The van der Waals surface area contributed by atoms with Crippen LogP contribution in [-0.4, -0.2) is 36.9 Å². The van der Waals surface area contributed by atoms with Crippen LogP contribution in [0.4, 0.5) is 0 Å². The Morgan fingerprint density at radius 1 is 1.55 bits per heavy atom. The zero-order chi connectivity index (χ0) is 14.4. The van der Waals surface area contributed by atoms with Crippen molar-refractivity contribution in [2.75, 3.05) is 19.7 Å². The van der Waals surface area contributed by atoms with Gasteiger partial charge in [0.2, 0.25) is 0 Å². The third-order valence-electron chi connectivity index (χ3n) is 3.16. The number of rotatable bonds is 7. The molecule has 1 aromatic rings. The highest BCUT2D eigenvalue weighted by Crippen LogP contribution is 2.11. The topological polar surface area (TPSA) is 76.4 Å². The van der Waals surface area contributed by atoms with E-state index in [1.54, 1.807) is 6.07 Å². The number of ether oxygens (including phenoxy) is 1. The normalized spacial score (nSPS) is 18.6. The van der Waals surface area contributed by atoms with Gasteiger partial charge in [0.1, 0.15) is 0 Å². The number of carbonyl (C=O) groups excluding carboxylic acids is 1. The van der Waals surface area contributed by atoms with Gasteiger partial charge in [-0.05, 0) is 18.8 Å². The maximum atomic E-state index is 11.8. The Morgan fingerprint density at radius 3 is 3.10 bits per heavy atom. The van der Waals surface area contributed by atoms with Gasteiger partial charge in [-0.1, -0.05) is 19.0 Å². The summed E-state index contributed by atoms with van der Waals surface area (Å²) in [5.41, 5.74) is 0.333. The van der Waals surface area contributed by atoms with Gasteiger partial charge < -0.3 is 19.9 Å². The van der Waals surface area contributed by atoms with Crippen molar-refractivity contribution in [2.24, 2.45) is 5.92 Å². The summed E-state index contributed by atoms with van der Waals surface area (Å²) < 4.78 is 10.7. The van der Waals surface area contributed by atoms with Gasteiger partial charge in [0, 0.05) is 25.8 Å². The van der Waals surface area contributed by atoms with Gasteiger partial charge >= 0.3 is 0 Å². The predicted octanol–water partition coefficient (Wildman–Crippen LogP) is 1.33. The molecule has 2 N–H and O–H groups in total. The van der Waals surface area contributed by atoms with Gasteiger partial charge in [-0.2, -0.15) is 0 Å². The molecule has 6 nitrogen and oxygen atoms in total. The Kier molecular flexibility index (Phi) is 5.55. The number of carbonyl (C=O) groups is 1. The predicted molar refractivity (Wildman–Crippen MR) is 74.4 cm³/mol. The molecule has 1 aromatic heterocycles. The number of hydrogen-bond acceptors (Lipinski definition) is 5. The summed E-state index contributed by atoms with van der Waals surface area (Å²) in [4.78, 5) is 11.8. The minimum atomic E-state index is -0.187. The lowest BCUT2D eigenvalue weighted by atomic mass is 10.2. The van der Waals surface area contributed by atoms with E-state index in [-0.39, 0.29) is 5.91 Å². The Bertz CT molecular complexity index is 425. The van der Waals surface area contributed by atoms with Crippen molar-refractivity contribution in [3.63, 3.8) is 0 Å². The molecule has 0 aliphatic carbocycles. The largest absolute Gasteiger partial charge is 0.377 e. The number of nitrogens with one attached hydrogen (secondary N) is 2. The van der Waals surface area contributed by atoms with Crippen LogP contribution < -0.4 is 10.6 Å². The van der Waals surface area contributed by atoms with E-state index in [0.717, 1.165) is 26.0 Å². The molecule has 6 heteroatoms. The van der Waals surface area contributed by atoms with Gasteiger partial charge in [0.05, 0.1) is 12.6 Å². The van der Waals surface area contributed by atoms with Crippen LogP contribution in [0.5, 0.6) is 0 Å². The van der Waals surface area contributed by atoms with E-state index in [1.807, 2.05) is 13.8 Å². The first-order valence-corrected chi connectivity index (χ1v) is 7.21. The molecule has 1 atom stereocenters. The van der Waals surface area contributed by atoms with Gasteiger partial charge in [-0.3, -0.25) is 4.79 Å². The van der Waals surface area contributed by atoms with Crippen LogP contribution in [0.3, 0.4) is 0 Å². The van der Waals surface area contributed by atoms with Crippen LogP contribution in [0.2, 0.25) is 0 Å². The highest BCUT2D eigenvalue weighted by Gasteiger charge is 2.16. The molecule has 1 saturated heterocycles. The lowest BCUT2D eigenvalue weighted by Crippen LogP contribution is -2.27. The summed E-state index contributed by atoms with van der Waals surface area (Å²) in [5, 5.41) is 9.85. The van der Waals surface area contributed by atoms with Gasteiger partial charge in [-0.15, -0.1) is 0 Å². The second kappa shape index (κ2) is 7.40. The van der Waals surface area contributed by atoms with Crippen molar-refractivity contribution in [1.29, 1.82) is 0 Å². The van der Waals surface area contributed by atoms with E-state index in [4.69, 9.17) is 9.26 Å². The Morgan fingerprint density at radius 2 is 2.40 bits per heavy atom. The Labute approximate surface area is 119 Å². The van der Waals surface area contributed by atoms with Crippen molar-refractivity contribution in [3.8, 4) is 0 Å². The summed E-state index contributed by atoms with van der Waals surface area (Å²) in [6.45, 7) is 6.94. The second-order valence-corrected chi connectivity index (χ2v) is 5.55. The van der Waals surface area contributed by atoms with Gasteiger partial charge in [0.15, 0.2) is 11.5 Å². The van der Waals surface area contributed by atoms with E-state index in [2.05, 4.69) is 15.8 Å². The molecule has 20 heavy (non-hydrogen) atoms. The number of hydrogen-bond donors (Lipinski definition) is 2. The molecule has 1 fully saturated rings. The second-order valence-electron chi connectivity index (χ2n) is 5.55. The minimum absolute atomic E-state index is 0.187. The van der Waals surface area contributed by atoms with Crippen LogP contribution in [0.15, 0.2) is 10.6 Å². The minimum Gasteiger partial charge on any atom is -0.377 e. The van der Waals surface area contributed by atoms with Crippen LogP contribution >= 0.6 is 0 Å². The summed E-state index contributed by atoms with van der Waals surface area (Å²) in [5.74, 6) is 0.893. The van der Waals surface area contributed by atoms with Crippen LogP contribution in [-0.2, 0) is 11.3 Å². The summed E-state index contributed by atoms with van der Waals surface area (Å²) in [6.07, 6.45) is 2.54. The third kappa shape index (κ3) is 4.61. The molecular weight excluding hydrogens is 258 g/mol. The summed E-state index contributed by atoms with van der Waals surface area (Å²) in [7, 11) is 0. The van der Waals surface area contributed by atoms with E-state index in [1.165, 1.54) is 0 Å². The third-order valence-corrected chi connectivity index (χ3v) is 3.16. The fraction of sp³-hybridized carbons (Fsp3) is 0.714. The molecule has 0 bridgehead atoms. The zero-order valence-corrected chi connectivity index (χ0v) is 12.1. The van der Waals surface area contributed by atoms with Crippen molar-refractivity contribution >= 4 is 5.91 Å². The number of aromatic nitrogens is 1. The van der Waals surface area contributed by atoms with Crippen LogP contribution in [0.25, 0.3) is 0 Å². The Balaban J connectivity index is 1.72. The van der Waals surface area contributed by atoms with E-state index >= 15 is 0 Å². The molecule has 0 radical (unpaired) electrons. The lowest BCUT2D eigenvalue weighted by molar-refractivity contribution is 0.0940. The molecular formula is C14H23N3O3. The molecule has 1 amide bonds. The highest BCUT2D eigenvalue weighted by molar-refractivity contribution is 5.92. The first kappa shape index (κ1) is 15.0. The molecule has 2 heterocycles. The van der Waals surface area contributed by atoms with E-state index in [9.17, 15) is 4.79 Å². The fourth-order valence-electron chi connectivity index (χ4n) is 2.05. The molecule has 2 rings (SSSR count). The zero-order valence-electron chi connectivity index (χ0n) is 12.1. The van der Waals surface area contributed by atoms with Gasteiger partial charge in [0.25, 0.3) is 5.91 Å².